The monoisotopic (exact) mass is 240 g/mol. The number of nitrogens with two attached hydrogens (primary N) is 1. The molecule has 0 aliphatic heterocycles. The van der Waals surface area contributed by atoms with Crippen LogP contribution in [0.5, 0.6) is 0 Å². The summed E-state index contributed by atoms with van der Waals surface area (Å²) in [5.74, 6) is 0. The average Bonchev–Trinajstić information content (AvgIpc) is 2.36. The van der Waals surface area contributed by atoms with Crippen molar-refractivity contribution in [3.8, 4) is 11.1 Å². The molecule has 0 aliphatic carbocycles. The zero-order chi connectivity index (χ0) is 13.1. The zero-order valence-corrected chi connectivity index (χ0v) is 10.5. The normalized spacial score (nSPS) is 10.1. The summed E-state index contributed by atoms with van der Waals surface area (Å²) >= 11 is 0. The van der Waals surface area contributed by atoms with E-state index in [0.717, 1.165) is 33.6 Å². The highest BCUT2D eigenvalue weighted by atomic mass is 16.1. The van der Waals surface area contributed by atoms with Gasteiger partial charge in [-0.15, -0.1) is 0 Å². The van der Waals surface area contributed by atoms with Gasteiger partial charge in [0.15, 0.2) is 0 Å². The first-order valence-electron chi connectivity index (χ1n) is 5.80. The molecule has 0 heterocycles. The molecule has 0 saturated heterocycles. The van der Waals surface area contributed by atoms with Crippen molar-refractivity contribution in [2.75, 3.05) is 11.1 Å². The first-order valence-corrected chi connectivity index (χ1v) is 5.80. The molecule has 0 bridgehead atoms. The van der Waals surface area contributed by atoms with Crippen LogP contribution in [-0.4, -0.2) is 6.41 Å². The lowest BCUT2D eigenvalue weighted by atomic mass is 9.95. The highest BCUT2D eigenvalue weighted by Crippen LogP contribution is 2.32. The van der Waals surface area contributed by atoms with Gasteiger partial charge in [-0.05, 0) is 48.2 Å². The van der Waals surface area contributed by atoms with Crippen LogP contribution in [0.2, 0.25) is 0 Å². The topological polar surface area (TPSA) is 55.1 Å². The van der Waals surface area contributed by atoms with E-state index >= 15 is 0 Å². The number of amides is 1. The number of hydrogen-bond acceptors (Lipinski definition) is 2. The number of nitrogens with one attached hydrogen (secondary N) is 1. The molecular weight excluding hydrogens is 224 g/mol. The van der Waals surface area contributed by atoms with E-state index < -0.39 is 0 Å². The lowest BCUT2D eigenvalue weighted by Crippen LogP contribution is -1.99. The number of carbonyl (C=O) groups excluding carboxylic acids is 1. The lowest BCUT2D eigenvalue weighted by Gasteiger charge is -2.13. The maximum Gasteiger partial charge on any atom is 0.211 e. The molecule has 0 radical (unpaired) electrons. The van der Waals surface area contributed by atoms with Gasteiger partial charge in [-0.25, -0.2) is 0 Å². The Balaban J connectivity index is 2.61. The van der Waals surface area contributed by atoms with E-state index in [4.69, 9.17) is 5.73 Å². The Labute approximate surface area is 107 Å². The average molecular weight is 240 g/mol. The summed E-state index contributed by atoms with van der Waals surface area (Å²) in [6.45, 7) is 3.99. The van der Waals surface area contributed by atoms with Crippen molar-refractivity contribution in [2.45, 2.75) is 13.8 Å². The van der Waals surface area contributed by atoms with Crippen LogP contribution in [0.15, 0.2) is 36.4 Å². The molecule has 0 atom stereocenters. The highest BCUT2D eigenvalue weighted by molar-refractivity contribution is 5.82. The van der Waals surface area contributed by atoms with Crippen LogP contribution in [0.3, 0.4) is 0 Å². The predicted octanol–water partition coefficient (Wildman–Crippen LogP) is 3.12. The molecule has 3 N–H and O–H groups in total. The minimum Gasteiger partial charge on any atom is -0.398 e. The van der Waals surface area contributed by atoms with Gasteiger partial charge in [0.25, 0.3) is 0 Å². The first-order chi connectivity index (χ1) is 8.65. The zero-order valence-electron chi connectivity index (χ0n) is 10.5. The van der Waals surface area contributed by atoms with Crippen molar-refractivity contribution >= 4 is 17.8 Å². The van der Waals surface area contributed by atoms with Crippen LogP contribution >= 0.6 is 0 Å². The molecule has 1 amide bonds. The summed E-state index contributed by atoms with van der Waals surface area (Å²) in [5.41, 5.74) is 11.8. The summed E-state index contributed by atoms with van der Waals surface area (Å²) in [6, 6.07) is 11.7. The van der Waals surface area contributed by atoms with Gasteiger partial charge in [-0.3, -0.25) is 4.79 Å². The minimum absolute atomic E-state index is 0.693. The molecular formula is C15H16N2O. The third-order valence-corrected chi connectivity index (χ3v) is 3.21. The Morgan fingerprint density at radius 2 is 1.61 bits per heavy atom. The van der Waals surface area contributed by atoms with Gasteiger partial charge in [0.2, 0.25) is 6.41 Å². The standard InChI is InChI=1S/C15H16N2O/c1-10-12(5-3-7-14(10)16)13-6-4-8-15(11(13)2)17-9-18/h3-9H,16H2,1-2H3,(H,17,18). The van der Waals surface area contributed by atoms with Gasteiger partial charge in [0.1, 0.15) is 0 Å². The fourth-order valence-corrected chi connectivity index (χ4v) is 2.09. The second-order valence-corrected chi connectivity index (χ2v) is 4.26. The van der Waals surface area contributed by atoms with Gasteiger partial charge in [-0.2, -0.15) is 0 Å². The second-order valence-electron chi connectivity index (χ2n) is 4.26. The quantitative estimate of drug-likeness (QED) is 0.639. The summed E-state index contributed by atoms with van der Waals surface area (Å²) in [5, 5.41) is 2.71. The van der Waals surface area contributed by atoms with Crippen molar-refractivity contribution in [2.24, 2.45) is 0 Å². The van der Waals surface area contributed by atoms with E-state index in [-0.39, 0.29) is 0 Å². The summed E-state index contributed by atoms with van der Waals surface area (Å²) < 4.78 is 0. The Kier molecular flexibility index (Phi) is 3.33. The van der Waals surface area contributed by atoms with E-state index in [9.17, 15) is 4.79 Å². The van der Waals surface area contributed by atoms with Gasteiger partial charge in [-0.1, -0.05) is 24.3 Å². The molecule has 0 fully saturated rings. The number of rotatable bonds is 3. The van der Waals surface area contributed by atoms with Crippen LogP contribution in [0, 0.1) is 13.8 Å². The molecule has 2 aromatic rings. The maximum atomic E-state index is 10.6. The lowest BCUT2D eigenvalue weighted by molar-refractivity contribution is -0.105. The minimum atomic E-state index is 0.693. The number of benzene rings is 2. The fourth-order valence-electron chi connectivity index (χ4n) is 2.09. The van der Waals surface area contributed by atoms with Crippen LogP contribution in [0.1, 0.15) is 11.1 Å². The third kappa shape index (κ3) is 2.07. The fraction of sp³-hybridized carbons (Fsp3) is 0.133. The van der Waals surface area contributed by atoms with Crippen molar-refractivity contribution in [3.63, 3.8) is 0 Å². The Bertz CT molecular complexity index is 591. The number of anilines is 2. The number of hydrogen-bond donors (Lipinski definition) is 2. The molecule has 0 aromatic heterocycles. The Morgan fingerprint density at radius 1 is 1.00 bits per heavy atom. The van der Waals surface area contributed by atoms with Gasteiger partial charge >= 0.3 is 0 Å². The largest absolute Gasteiger partial charge is 0.398 e. The van der Waals surface area contributed by atoms with Crippen molar-refractivity contribution in [1.82, 2.24) is 0 Å². The van der Waals surface area contributed by atoms with Crippen molar-refractivity contribution < 1.29 is 4.79 Å². The van der Waals surface area contributed by atoms with Crippen LogP contribution < -0.4 is 11.1 Å². The molecule has 2 aromatic carbocycles. The molecule has 0 spiro atoms. The second kappa shape index (κ2) is 4.92. The molecule has 2 rings (SSSR count). The van der Waals surface area contributed by atoms with E-state index in [2.05, 4.69) is 5.32 Å². The maximum absolute atomic E-state index is 10.6. The third-order valence-electron chi connectivity index (χ3n) is 3.21. The van der Waals surface area contributed by atoms with E-state index in [1.165, 1.54) is 0 Å². The van der Waals surface area contributed by atoms with Crippen molar-refractivity contribution in [1.29, 1.82) is 0 Å². The summed E-state index contributed by atoms with van der Waals surface area (Å²) in [7, 11) is 0. The smallest absolute Gasteiger partial charge is 0.211 e. The van der Waals surface area contributed by atoms with Gasteiger partial charge in [0, 0.05) is 11.4 Å². The molecule has 3 heteroatoms. The number of carbonyl (C=O) groups is 1. The molecule has 3 nitrogen and oxygen atoms in total. The molecule has 0 aliphatic rings. The highest BCUT2D eigenvalue weighted by Gasteiger charge is 2.09. The van der Waals surface area contributed by atoms with Crippen LogP contribution in [0.4, 0.5) is 11.4 Å². The van der Waals surface area contributed by atoms with Gasteiger partial charge in [0.05, 0.1) is 0 Å². The predicted molar refractivity (Wildman–Crippen MR) is 75.5 cm³/mol. The molecule has 0 unspecified atom stereocenters. The molecule has 0 saturated carbocycles. The van der Waals surface area contributed by atoms with Crippen molar-refractivity contribution in [3.05, 3.63) is 47.5 Å². The Hall–Kier alpha value is -2.29. The number of nitrogen functional groups attached to an aromatic ring is 1. The van der Waals surface area contributed by atoms with E-state index in [1.807, 2.05) is 50.2 Å². The van der Waals surface area contributed by atoms with E-state index in [1.54, 1.807) is 0 Å². The SMILES string of the molecule is Cc1c(N)cccc1-c1cccc(NC=O)c1C. The van der Waals surface area contributed by atoms with Gasteiger partial charge < -0.3 is 11.1 Å². The van der Waals surface area contributed by atoms with Crippen LogP contribution in [-0.2, 0) is 4.79 Å². The van der Waals surface area contributed by atoms with E-state index in [0.29, 0.717) is 6.41 Å². The Morgan fingerprint density at radius 3 is 2.28 bits per heavy atom. The van der Waals surface area contributed by atoms with Crippen LogP contribution in [0.25, 0.3) is 11.1 Å². The molecule has 92 valence electrons. The summed E-state index contributed by atoms with van der Waals surface area (Å²) in [6.07, 6.45) is 0.693. The molecule has 18 heavy (non-hydrogen) atoms. The first kappa shape index (κ1) is 12.2. The summed E-state index contributed by atoms with van der Waals surface area (Å²) in [4.78, 5) is 10.6.